The molecule has 0 radical (unpaired) electrons. The molecule has 3 N–H and O–H groups in total. The average molecular weight is 278 g/mol. The molecule has 1 aliphatic heterocycles. The molecule has 0 saturated carbocycles. The predicted octanol–water partition coefficient (Wildman–Crippen LogP) is 2.04. The summed E-state index contributed by atoms with van der Waals surface area (Å²) in [5.74, 6) is 0.212. The first-order valence-corrected chi connectivity index (χ1v) is 6.95. The van der Waals surface area contributed by atoms with Crippen molar-refractivity contribution in [3.8, 4) is 0 Å². The van der Waals surface area contributed by atoms with Crippen LogP contribution in [0.15, 0.2) is 24.3 Å². The van der Waals surface area contributed by atoms with Gasteiger partial charge in [0.15, 0.2) is 6.29 Å². The van der Waals surface area contributed by atoms with Gasteiger partial charge in [0.25, 0.3) is 0 Å². The van der Waals surface area contributed by atoms with Gasteiger partial charge in [-0.05, 0) is 18.1 Å². The largest absolute Gasteiger partial charge is 0.346 e. The highest BCUT2D eigenvalue weighted by Crippen LogP contribution is 2.25. The van der Waals surface area contributed by atoms with Crippen molar-refractivity contribution in [1.29, 1.82) is 0 Å². The zero-order chi connectivity index (χ0) is 14.5. The fourth-order valence-corrected chi connectivity index (χ4v) is 1.98. The third kappa shape index (κ3) is 4.03. The van der Waals surface area contributed by atoms with E-state index in [2.05, 4.69) is 5.32 Å². The summed E-state index contributed by atoms with van der Waals surface area (Å²) in [6.45, 7) is 5.22. The van der Waals surface area contributed by atoms with Crippen LogP contribution in [0, 0.1) is 5.92 Å². The highest BCUT2D eigenvalue weighted by atomic mass is 16.7. The Bertz CT molecular complexity index is 456. The number of carbonyl (C=O) groups is 1. The third-order valence-electron chi connectivity index (χ3n) is 3.34. The monoisotopic (exact) mass is 278 g/mol. The first-order valence-electron chi connectivity index (χ1n) is 6.95. The maximum atomic E-state index is 11.9. The molecule has 110 valence electrons. The Morgan fingerprint density at radius 2 is 2.10 bits per heavy atom. The number of hydrogen-bond donors (Lipinski definition) is 2. The highest BCUT2D eigenvalue weighted by Gasteiger charge is 2.19. The molecule has 1 aliphatic rings. The molecular formula is C15H22N2O3. The number of anilines is 1. The van der Waals surface area contributed by atoms with Crippen molar-refractivity contribution in [2.45, 2.75) is 32.6 Å². The maximum absolute atomic E-state index is 11.9. The number of hydrogen-bond acceptors (Lipinski definition) is 4. The predicted molar refractivity (Wildman–Crippen MR) is 77.1 cm³/mol. The molecule has 1 saturated heterocycles. The molecule has 0 spiro atoms. The van der Waals surface area contributed by atoms with Crippen molar-refractivity contribution < 1.29 is 14.3 Å². The lowest BCUT2D eigenvalue weighted by Crippen LogP contribution is -2.31. The van der Waals surface area contributed by atoms with Crippen molar-refractivity contribution in [3.63, 3.8) is 0 Å². The third-order valence-corrected chi connectivity index (χ3v) is 3.34. The number of ether oxygens (including phenoxy) is 2. The molecule has 0 aliphatic carbocycles. The van der Waals surface area contributed by atoms with E-state index in [0.29, 0.717) is 19.6 Å². The molecule has 1 atom stereocenters. The Hall–Kier alpha value is -1.43. The van der Waals surface area contributed by atoms with Gasteiger partial charge >= 0.3 is 0 Å². The second-order valence-electron chi connectivity index (χ2n) is 5.36. The van der Waals surface area contributed by atoms with Gasteiger partial charge in [-0.25, -0.2) is 0 Å². The summed E-state index contributed by atoms with van der Waals surface area (Å²) in [4.78, 5) is 11.9. The van der Waals surface area contributed by atoms with Crippen molar-refractivity contribution in [2.75, 3.05) is 18.5 Å². The Balaban J connectivity index is 1.95. The number of rotatable bonds is 5. The topological polar surface area (TPSA) is 73.6 Å². The maximum Gasteiger partial charge on any atom is 0.225 e. The molecular weight excluding hydrogens is 256 g/mol. The molecule has 1 fully saturated rings. The van der Waals surface area contributed by atoms with E-state index >= 15 is 0 Å². The van der Waals surface area contributed by atoms with E-state index in [1.165, 1.54) is 0 Å². The molecule has 20 heavy (non-hydrogen) atoms. The summed E-state index contributed by atoms with van der Waals surface area (Å²) in [6, 6.07) is 7.38. The number of benzene rings is 1. The fraction of sp³-hybridized carbons (Fsp3) is 0.533. The quantitative estimate of drug-likeness (QED) is 0.864. The van der Waals surface area contributed by atoms with E-state index < -0.39 is 0 Å². The second-order valence-corrected chi connectivity index (χ2v) is 5.36. The van der Waals surface area contributed by atoms with Gasteiger partial charge in [0.1, 0.15) is 0 Å². The first-order chi connectivity index (χ1) is 9.56. The Morgan fingerprint density at radius 1 is 1.40 bits per heavy atom. The summed E-state index contributed by atoms with van der Waals surface area (Å²) < 4.78 is 10.9. The first kappa shape index (κ1) is 15.0. The number of carbonyl (C=O) groups excluding carboxylic acids is 1. The van der Waals surface area contributed by atoms with Crippen LogP contribution in [0.5, 0.6) is 0 Å². The minimum atomic E-state index is -0.329. The summed E-state index contributed by atoms with van der Waals surface area (Å²) in [5, 5.41) is 2.86. The standard InChI is InChI=1S/C15H22N2O3/c1-10(2)13(16)9-14(18)17-12-5-3-4-11(8-12)15-19-6-7-20-15/h3-5,8,10,13,15H,6-7,9,16H2,1-2H3,(H,17,18). The van der Waals surface area contributed by atoms with Crippen LogP contribution in [0.4, 0.5) is 5.69 Å². The van der Waals surface area contributed by atoms with E-state index in [-0.39, 0.29) is 24.2 Å². The highest BCUT2D eigenvalue weighted by molar-refractivity contribution is 5.91. The van der Waals surface area contributed by atoms with Gasteiger partial charge in [-0.15, -0.1) is 0 Å². The summed E-state index contributed by atoms with van der Waals surface area (Å²) in [6.07, 6.45) is -0.0111. The van der Waals surface area contributed by atoms with Crippen LogP contribution in [0.3, 0.4) is 0 Å². The second kappa shape index (κ2) is 6.83. The molecule has 1 aromatic rings. The Kier molecular flexibility index (Phi) is 5.11. The van der Waals surface area contributed by atoms with Crippen LogP contribution >= 0.6 is 0 Å². The molecule has 5 heteroatoms. The Morgan fingerprint density at radius 3 is 2.75 bits per heavy atom. The smallest absolute Gasteiger partial charge is 0.225 e. The molecule has 2 rings (SSSR count). The van der Waals surface area contributed by atoms with E-state index in [1.54, 1.807) is 0 Å². The lowest BCUT2D eigenvalue weighted by atomic mass is 10.0. The normalized spacial score (nSPS) is 17.4. The number of nitrogens with two attached hydrogens (primary N) is 1. The Labute approximate surface area is 119 Å². The molecule has 1 aromatic carbocycles. The van der Waals surface area contributed by atoms with Gasteiger partial charge in [0, 0.05) is 23.7 Å². The number of amides is 1. The van der Waals surface area contributed by atoms with E-state index in [9.17, 15) is 4.79 Å². The lowest BCUT2D eigenvalue weighted by Gasteiger charge is -2.16. The molecule has 1 amide bonds. The van der Waals surface area contributed by atoms with Gasteiger partial charge in [0.05, 0.1) is 13.2 Å². The van der Waals surface area contributed by atoms with Gasteiger partial charge in [0.2, 0.25) is 5.91 Å². The minimum absolute atomic E-state index is 0.0726. The van der Waals surface area contributed by atoms with Crippen LogP contribution in [0.1, 0.15) is 32.1 Å². The van der Waals surface area contributed by atoms with Gasteiger partial charge in [-0.2, -0.15) is 0 Å². The molecule has 5 nitrogen and oxygen atoms in total. The zero-order valence-electron chi connectivity index (χ0n) is 12.0. The average Bonchev–Trinajstić information content (AvgIpc) is 2.92. The van der Waals surface area contributed by atoms with Gasteiger partial charge in [-0.1, -0.05) is 26.0 Å². The van der Waals surface area contributed by atoms with E-state index in [0.717, 1.165) is 11.3 Å². The van der Waals surface area contributed by atoms with Crippen LogP contribution in [-0.2, 0) is 14.3 Å². The molecule has 1 unspecified atom stereocenters. The number of nitrogens with one attached hydrogen (secondary N) is 1. The van der Waals surface area contributed by atoms with Crippen molar-refractivity contribution in [2.24, 2.45) is 11.7 Å². The fourth-order valence-electron chi connectivity index (χ4n) is 1.98. The van der Waals surface area contributed by atoms with E-state index in [4.69, 9.17) is 15.2 Å². The minimum Gasteiger partial charge on any atom is -0.346 e. The van der Waals surface area contributed by atoms with Crippen molar-refractivity contribution in [3.05, 3.63) is 29.8 Å². The summed E-state index contributed by atoms with van der Waals surface area (Å²) >= 11 is 0. The SMILES string of the molecule is CC(C)C(N)CC(=O)Nc1cccc(C2OCCO2)c1. The van der Waals surface area contributed by atoms with Gasteiger partial charge < -0.3 is 20.5 Å². The summed E-state index contributed by atoms with van der Waals surface area (Å²) in [5.41, 5.74) is 7.55. The molecule has 0 bridgehead atoms. The summed E-state index contributed by atoms with van der Waals surface area (Å²) in [7, 11) is 0. The lowest BCUT2D eigenvalue weighted by molar-refractivity contribution is -0.116. The van der Waals surface area contributed by atoms with Crippen LogP contribution < -0.4 is 11.1 Å². The zero-order valence-corrected chi connectivity index (χ0v) is 12.0. The van der Waals surface area contributed by atoms with Crippen molar-refractivity contribution in [1.82, 2.24) is 0 Å². The molecule has 1 heterocycles. The van der Waals surface area contributed by atoms with Crippen LogP contribution in [-0.4, -0.2) is 25.2 Å². The molecule has 0 aromatic heterocycles. The van der Waals surface area contributed by atoms with Crippen LogP contribution in [0.25, 0.3) is 0 Å². The van der Waals surface area contributed by atoms with E-state index in [1.807, 2.05) is 38.1 Å². The van der Waals surface area contributed by atoms with Gasteiger partial charge in [-0.3, -0.25) is 4.79 Å². The van der Waals surface area contributed by atoms with Crippen LogP contribution in [0.2, 0.25) is 0 Å². The van der Waals surface area contributed by atoms with Crippen molar-refractivity contribution >= 4 is 11.6 Å².